The molecule has 30 heavy (non-hydrogen) atoms. The van der Waals surface area contributed by atoms with Crippen LogP contribution in [0.2, 0.25) is 0 Å². The molecule has 0 N–H and O–H groups in total. The van der Waals surface area contributed by atoms with Crippen molar-refractivity contribution >= 4 is 17.9 Å². The molecule has 1 atom stereocenters. The maximum Gasteiger partial charge on any atom is 0.271 e. The van der Waals surface area contributed by atoms with Gasteiger partial charge in [-0.05, 0) is 49.1 Å². The summed E-state index contributed by atoms with van der Waals surface area (Å²) < 4.78 is 16.5. The van der Waals surface area contributed by atoms with Crippen molar-refractivity contribution in [2.24, 2.45) is 0 Å². The number of rotatable bonds is 7. The molecule has 2 amide bonds. The van der Waals surface area contributed by atoms with Crippen molar-refractivity contribution in [2.45, 2.75) is 25.9 Å². The third-order valence-corrected chi connectivity index (χ3v) is 5.09. The Balaban J connectivity index is 1.97. The summed E-state index contributed by atoms with van der Waals surface area (Å²) in [6.45, 7) is 6.33. The molecular formula is C23H24N2O5. The lowest BCUT2D eigenvalue weighted by atomic mass is 9.93. The Labute approximate surface area is 175 Å². The van der Waals surface area contributed by atoms with Gasteiger partial charge in [0.25, 0.3) is 11.8 Å². The number of hydrogen-bond donors (Lipinski definition) is 0. The van der Waals surface area contributed by atoms with E-state index in [0.29, 0.717) is 41.4 Å². The first-order chi connectivity index (χ1) is 14.5. The molecule has 3 rings (SSSR count). The highest BCUT2D eigenvalue weighted by Gasteiger charge is 2.37. The largest absolute Gasteiger partial charge is 0.493 e. The fraction of sp³-hybridized carbons (Fsp3) is 0.348. The topological polar surface area (TPSA) is 88.9 Å². The van der Waals surface area contributed by atoms with E-state index in [1.807, 2.05) is 6.07 Å². The van der Waals surface area contributed by atoms with Gasteiger partial charge in [-0.1, -0.05) is 18.7 Å². The molecule has 1 unspecified atom stereocenters. The second-order valence-electron chi connectivity index (χ2n) is 7.04. The molecule has 1 aromatic rings. The molecule has 7 heteroatoms. The Hall–Kier alpha value is -3.37. The first-order valence-electron chi connectivity index (χ1n) is 9.72. The number of ether oxygens (including phenoxy) is 3. The van der Waals surface area contributed by atoms with E-state index in [1.54, 1.807) is 37.3 Å². The van der Waals surface area contributed by atoms with E-state index in [0.717, 1.165) is 17.7 Å². The maximum atomic E-state index is 13.1. The molecular weight excluding hydrogens is 384 g/mol. The van der Waals surface area contributed by atoms with Gasteiger partial charge in [0.2, 0.25) is 0 Å². The van der Waals surface area contributed by atoms with Crippen LogP contribution in [-0.2, 0) is 14.3 Å². The van der Waals surface area contributed by atoms with E-state index in [-0.39, 0.29) is 18.2 Å². The summed E-state index contributed by atoms with van der Waals surface area (Å²) in [5.41, 5.74) is 1.31. The molecule has 0 aliphatic carbocycles. The molecule has 156 valence electrons. The van der Waals surface area contributed by atoms with Crippen molar-refractivity contribution in [1.82, 2.24) is 4.90 Å². The van der Waals surface area contributed by atoms with Gasteiger partial charge in [-0.3, -0.25) is 14.5 Å². The van der Waals surface area contributed by atoms with Gasteiger partial charge in [-0.2, -0.15) is 5.26 Å². The van der Waals surface area contributed by atoms with Crippen LogP contribution < -0.4 is 9.47 Å². The third kappa shape index (κ3) is 4.29. The van der Waals surface area contributed by atoms with Crippen molar-refractivity contribution in [3.05, 3.63) is 53.1 Å². The average molecular weight is 408 g/mol. The summed E-state index contributed by atoms with van der Waals surface area (Å²) in [7, 11) is 1.53. The number of methoxy groups -OCH3 is 1. The summed E-state index contributed by atoms with van der Waals surface area (Å²) in [4.78, 5) is 27.0. The van der Waals surface area contributed by atoms with Gasteiger partial charge in [-0.25, -0.2) is 0 Å². The van der Waals surface area contributed by atoms with Crippen molar-refractivity contribution in [1.29, 1.82) is 5.26 Å². The number of benzene rings is 1. The third-order valence-electron chi connectivity index (χ3n) is 5.09. The highest BCUT2D eigenvalue weighted by Crippen LogP contribution is 2.32. The van der Waals surface area contributed by atoms with Gasteiger partial charge in [0.15, 0.2) is 11.5 Å². The quantitative estimate of drug-likeness (QED) is 0.391. The Morgan fingerprint density at radius 2 is 2.13 bits per heavy atom. The fourth-order valence-corrected chi connectivity index (χ4v) is 3.50. The van der Waals surface area contributed by atoms with Crippen LogP contribution in [0.4, 0.5) is 0 Å². The van der Waals surface area contributed by atoms with Crippen LogP contribution in [0.25, 0.3) is 6.08 Å². The maximum absolute atomic E-state index is 13.1. The van der Waals surface area contributed by atoms with Gasteiger partial charge >= 0.3 is 0 Å². The molecule has 1 saturated heterocycles. The SMILES string of the molecule is C=CCOc1ccc(/C=C2/C(=O)N(CC3CCCO3)C(=O)C(C#N)=C2C)cc1OC. The van der Waals surface area contributed by atoms with E-state index < -0.39 is 11.8 Å². The summed E-state index contributed by atoms with van der Waals surface area (Å²) in [5.74, 6) is 0.0509. The predicted octanol–water partition coefficient (Wildman–Crippen LogP) is 3.03. The molecule has 0 spiro atoms. The summed E-state index contributed by atoms with van der Waals surface area (Å²) >= 11 is 0. The predicted molar refractivity (Wildman–Crippen MR) is 111 cm³/mol. The molecule has 7 nitrogen and oxygen atoms in total. The summed E-state index contributed by atoms with van der Waals surface area (Å²) in [6, 6.07) is 7.20. The fourth-order valence-electron chi connectivity index (χ4n) is 3.50. The minimum absolute atomic E-state index is 0.0308. The zero-order valence-corrected chi connectivity index (χ0v) is 17.1. The zero-order valence-electron chi connectivity index (χ0n) is 17.1. The van der Waals surface area contributed by atoms with Crippen LogP contribution >= 0.6 is 0 Å². The van der Waals surface area contributed by atoms with E-state index in [9.17, 15) is 14.9 Å². The van der Waals surface area contributed by atoms with Crippen molar-refractivity contribution in [3.8, 4) is 17.6 Å². The lowest BCUT2D eigenvalue weighted by Gasteiger charge is -2.29. The van der Waals surface area contributed by atoms with Crippen LogP contribution in [0.1, 0.15) is 25.3 Å². The highest BCUT2D eigenvalue weighted by molar-refractivity contribution is 6.19. The van der Waals surface area contributed by atoms with Gasteiger partial charge in [0.05, 0.1) is 19.8 Å². The molecule has 1 fully saturated rings. The molecule has 2 heterocycles. The molecule has 1 aromatic carbocycles. The van der Waals surface area contributed by atoms with E-state index >= 15 is 0 Å². The van der Waals surface area contributed by atoms with Crippen LogP contribution in [-0.4, -0.2) is 49.7 Å². The van der Waals surface area contributed by atoms with Gasteiger partial charge < -0.3 is 14.2 Å². The Bertz CT molecular complexity index is 964. The molecule has 0 saturated carbocycles. The van der Waals surface area contributed by atoms with Gasteiger partial charge in [0, 0.05) is 12.2 Å². The van der Waals surface area contributed by atoms with Crippen molar-refractivity contribution in [3.63, 3.8) is 0 Å². The molecule has 0 aromatic heterocycles. The number of hydrogen-bond acceptors (Lipinski definition) is 6. The second-order valence-corrected chi connectivity index (χ2v) is 7.04. The van der Waals surface area contributed by atoms with Gasteiger partial charge in [-0.15, -0.1) is 0 Å². The molecule has 2 aliphatic rings. The van der Waals surface area contributed by atoms with Crippen molar-refractivity contribution < 1.29 is 23.8 Å². The lowest BCUT2D eigenvalue weighted by molar-refractivity contribution is -0.142. The van der Waals surface area contributed by atoms with Crippen LogP contribution in [0.15, 0.2) is 47.6 Å². The van der Waals surface area contributed by atoms with Crippen molar-refractivity contribution in [2.75, 3.05) is 26.9 Å². The molecule has 2 aliphatic heterocycles. The molecule has 0 radical (unpaired) electrons. The van der Waals surface area contributed by atoms with Crippen LogP contribution in [0, 0.1) is 11.3 Å². The zero-order chi connectivity index (χ0) is 21.7. The minimum Gasteiger partial charge on any atom is -0.493 e. The lowest BCUT2D eigenvalue weighted by Crippen LogP contribution is -2.46. The standard InChI is InChI=1S/C23H24N2O5/c1-4-9-30-20-8-7-16(12-21(20)28-3)11-18-15(2)19(13-24)23(27)25(22(18)26)14-17-6-5-10-29-17/h4,7-8,11-12,17H,1,5-6,9-10,14H2,2-3H3/b18-11+. The summed E-state index contributed by atoms with van der Waals surface area (Å²) in [6.07, 6.45) is 4.77. The highest BCUT2D eigenvalue weighted by atomic mass is 16.5. The van der Waals surface area contributed by atoms with E-state index in [1.165, 1.54) is 7.11 Å². The molecule has 0 bridgehead atoms. The summed E-state index contributed by atoms with van der Waals surface area (Å²) in [5, 5.41) is 9.51. The Morgan fingerprint density at radius 1 is 1.33 bits per heavy atom. The van der Waals surface area contributed by atoms with Gasteiger partial charge in [0.1, 0.15) is 18.2 Å². The monoisotopic (exact) mass is 408 g/mol. The number of amides is 2. The first kappa shape index (κ1) is 21.3. The number of nitrogens with zero attached hydrogens (tertiary/aromatic N) is 2. The van der Waals surface area contributed by atoms with E-state index in [2.05, 4.69) is 6.58 Å². The smallest absolute Gasteiger partial charge is 0.271 e. The minimum atomic E-state index is -0.571. The average Bonchev–Trinajstić information content (AvgIpc) is 3.26. The van der Waals surface area contributed by atoms with Crippen LogP contribution in [0.5, 0.6) is 11.5 Å². The van der Waals surface area contributed by atoms with E-state index in [4.69, 9.17) is 14.2 Å². The first-order valence-corrected chi connectivity index (χ1v) is 9.72. The number of carbonyl (C=O) groups excluding carboxylic acids is 2. The number of carbonyl (C=O) groups is 2. The Morgan fingerprint density at radius 3 is 2.77 bits per heavy atom. The number of nitriles is 1. The Kier molecular flexibility index (Phi) is 6.70. The van der Waals surface area contributed by atoms with Crippen LogP contribution in [0.3, 0.4) is 0 Å². The second kappa shape index (κ2) is 9.42. The number of imide groups is 1. The normalized spacial score (nSPS) is 20.5.